The lowest BCUT2D eigenvalue weighted by molar-refractivity contribution is 0.113. The van der Waals surface area contributed by atoms with E-state index in [0.717, 1.165) is 6.54 Å². The molecule has 1 aliphatic heterocycles. The molecule has 2 atom stereocenters. The zero-order valence-electron chi connectivity index (χ0n) is 10.6. The quantitative estimate of drug-likeness (QED) is 0.772. The van der Waals surface area contributed by atoms with E-state index in [0.29, 0.717) is 18.5 Å². The Morgan fingerprint density at radius 2 is 2.31 bits per heavy atom. The number of ether oxygens (including phenoxy) is 1. The van der Waals surface area contributed by atoms with Crippen LogP contribution in [-0.4, -0.2) is 31.3 Å². The molecule has 0 aliphatic carbocycles. The molecule has 1 saturated heterocycles. The van der Waals surface area contributed by atoms with Gasteiger partial charge in [-0.15, -0.1) is 0 Å². The van der Waals surface area contributed by atoms with Crippen LogP contribution in [0.1, 0.15) is 40.0 Å². The fourth-order valence-electron chi connectivity index (χ4n) is 2.20. The van der Waals surface area contributed by atoms with Crippen LogP contribution < -0.4 is 10.6 Å². The van der Waals surface area contributed by atoms with E-state index in [4.69, 9.17) is 4.74 Å². The largest absolute Gasteiger partial charge is 0.447 e. The van der Waals surface area contributed by atoms with Crippen molar-refractivity contribution in [1.82, 2.24) is 10.6 Å². The third-order valence-electron chi connectivity index (χ3n) is 3.06. The fourth-order valence-corrected chi connectivity index (χ4v) is 2.20. The molecule has 2 unspecified atom stereocenters. The van der Waals surface area contributed by atoms with Crippen molar-refractivity contribution in [2.75, 3.05) is 13.1 Å². The first-order valence-electron chi connectivity index (χ1n) is 6.31. The zero-order chi connectivity index (χ0) is 12.0. The predicted octanol–water partition coefficient (Wildman–Crippen LogP) is 1.90. The molecule has 1 amide bonds. The summed E-state index contributed by atoms with van der Waals surface area (Å²) < 4.78 is 5.03. The second kappa shape index (κ2) is 6.74. The maximum atomic E-state index is 11.3. The molecule has 94 valence electrons. The van der Waals surface area contributed by atoms with Crippen molar-refractivity contribution in [3.63, 3.8) is 0 Å². The number of carbonyl (C=O) groups is 1. The number of hydrogen-bond acceptors (Lipinski definition) is 3. The van der Waals surface area contributed by atoms with Crippen molar-refractivity contribution in [3.05, 3.63) is 0 Å². The van der Waals surface area contributed by atoms with Crippen LogP contribution in [-0.2, 0) is 4.74 Å². The van der Waals surface area contributed by atoms with Gasteiger partial charge in [0, 0.05) is 12.6 Å². The standard InChI is InChI=1S/C12H24N2O2/c1-4-10-6-5-7-13-11(10)8-14-12(15)16-9(2)3/h9-11,13H,4-8H2,1-3H3,(H,14,15). The Hall–Kier alpha value is -0.770. The first kappa shape index (κ1) is 13.3. The van der Waals surface area contributed by atoms with Gasteiger partial charge in [-0.2, -0.15) is 0 Å². The first-order valence-corrected chi connectivity index (χ1v) is 6.31. The molecule has 1 fully saturated rings. The van der Waals surface area contributed by atoms with E-state index in [1.165, 1.54) is 19.3 Å². The van der Waals surface area contributed by atoms with Crippen LogP contribution in [0.25, 0.3) is 0 Å². The van der Waals surface area contributed by atoms with Gasteiger partial charge >= 0.3 is 6.09 Å². The average molecular weight is 228 g/mol. The van der Waals surface area contributed by atoms with Crippen molar-refractivity contribution in [1.29, 1.82) is 0 Å². The highest BCUT2D eigenvalue weighted by atomic mass is 16.6. The van der Waals surface area contributed by atoms with Crippen LogP contribution in [0.15, 0.2) is 0 Å². The van der Waals surface area contributed by atoms with E-state index >= 15 is 0 Å². The van der Waals surface area contributed by atoms with Crippen LogP contribution in [0.5, 0.6) is 0 Å². The van der Waals surface area contributed by atoms with Gasteiger partial charge in [-0.25, -0.2) is 4.79 Å². The second-order valence-corrected chi connectivity index (χ2v) is 4.71. The van der Waals surface area contributed by atoms with Crippen molar-refractivity contribution >= 4 is 6.09 Å². The SMILES string of the molecule is CCC1CCCNC1CNC(=O)OC(C)C. The number of carbonyl (C=O) groups excluding carboxylic acids is 1. The highest BCUT2D eigenvalue weighted by molar-refractivity contribution is 5.67. The lowest BCUT2D eigenvalue weighted by Crippen LogP contribution is -2.48. The summed E-state index contributed by atoms with van der Waals surface area (Å²) >= 11 is 0. The van der Waals surface area contributed by atoms with Crippen molar-refractivity contribution in [3.8, 4) is 0 Å². The van der Waals surface area contributed by atoms with Crippen molar-refractivity contribution in [2.24, 2.45) is 5.92 Å². The van der Waals surface area contributed by atoms with Gasteiger partial charge < -0.3 is 15.4 Å². The molecule has 1 rings (SSSR count). The number of nitrogens with one attached hydrogen (secondary N) is 2. The zero-order valence-corrected chi connectivity index (χ0v) is 10.6. The van der Waals surface area contributed by atoms with Crippen LogP contribution in [0.4, 0.5) is 4.79 Å². The van der Waals surface area contributed by atoms with Gasteiger partial charge in [0.2, 0.25) is 0 Å². The van der Waals surface area contributed by atoms with Gasteiger partial charge in [-0.3, -0.25) is 0 Å². The molecule has 0 spiro atoms. The summed E-state index contributed by atoms with van der Waals surface area (Å²) in [5.41, 5.74) is 0. The lowest BCUT2D eigenvalue weighted by atomic mass is 9.89. The van der Waals surface area contributed by atoms with Crippen molar-refractivity contribution in [2.45, 2.75) is 52.2 Å². The lowest BCUT2D eigenvalue weighted by Gasteiger charge is -2.32. The van der Waals surface area contributed by atoms with Gasteiger partial charge in [0.1, 0.15) is 0 Å². The van der Waals surface area contributed by atoms with Crippen LogP contribution in [0, 0.1) is 5.92 Å². The monoisotopic (exact) mass is 228 g/mol. The molecule has 1 aliphatic rings. The Balaban J connectivity index is 2.27. The molecule has 2 N–H and O–H groups in total. The minimum atomic E-state index is -0.308. The molecule has 0 aromatic rings. The average Bonchev–Trinajstić information content (AvgIpc) is 2.26. The number of alkyl carbamates (subject to hydrolysis) is 1. The maximum Gasteiger partial charge on any atom is 0.407 e. The van der Waals surface area contributed by atoms with E-state index in [9.17, 15) is 4.79 Å². The van der Waals surface area contributed by atoms with E-state index in [1.807, 2.05) is 13.8 Å². The maximum absolute atomic E-state index is 11.3. The molecule has 0 aromatic heterocycles. The van der Waals surface area contributed by atoms with Crippen molar-refractivity contribution < 1.29 is 9.53 Å². The Kier molecular flexibility index (Phi) is 5.60. The summed E-state index contributed by atoms with van der Waals surface area (Å²) in [7, 11) is 0. The van der Waals surface area contributed by atoms with Gasteiger partial charge in [0.15, 0.2) is 0 Å². The molecule has 0 bridgehead atoms. The first-order chi connectivity index (χ1) is 7.63. The molecular formula is C12H24N2O2. The summed E-state index contributed by atoms with van der Waals surface area (Å²) in [5.74, 6) is 0.674. The summed E-state index contributed by atoms with van der Waals surface area (Å²) in [6, 6.07) is 0.401. The minimum Gasteiger partial charge on any atom is -0.447 e. The van der Waals surface area contributed by atoms with Crippen LogP contribution >= 0.6 is 0 Å². The number of amides is 1. The molecule has 0 aromatic carbocycles. The highest BCUT2D eigenvalue weighted by Gasteiger charge is 2.23. The Morgan fingerprint density at radius 3 is 2.94 bits per heavy atom. The molecule has 4 heteroatoms. The predicted molar refractivity (Wildman–Crippen MR) is 64.4 cm³/mol. The minimum absolute atomic E-state index is 0.0544. The number of rotatable bonds is 4. The van der Waals surface area contributed by atoms with E-state index in [1.54, 1.807) is 0 Å². The molecule has 4 nitrogen and oxygen atoms in total. The molecule has 0 radical (unpaired) electrons. The van der Waals surface area contributed by atoms with Crippen LogP contribution in [0.3, 0.4) is 0 Å². The van der Waals surface area contributed by atoms with E-state index in [2.05, 4.69) is 17.6 Å². The summed E-state index contributed by atoms with van der Waals surface area (Å²) in [6.45, 7) is 7.64. The topological polar surface area (TPSA) is 50.4 Å². The Morgan fingerprint density at radius 1 is 1.56 bits per heavy atom. The molecule has 1 heterocycles. The van der Waals surface area contributed by atoms with Gasteiger partial charge in [-0.05, 0) is 39.2 Å². The molecule has 16 heavy (non-hydrogen) atoms. The fraction of sp³-hybridized carbons (Fsp3) is 0.917. The molecule has 0 saturated carbocycles. The van der Waals surface area contributed by atoms with Gasteiger partial charge in [0.05, 0.1) is 6.10 Å². The van der Waals surface area contributed by atoms with Gasteiger partial charge in [0.25, 0.3) is 0 Å². The highest BCUT2D eigenvalue weighted by Crippen LogP contribution is 2.19. The number of piperidine rings is 1. The van der Waals surface area contributed by atoms with E-state index < -0.39 is 0 Å². The Labute approximate surface area is 98.1 Å². The van der Waals surface area contributed by atoms with Gasteiger partial charge in [-0.1, -0.05) is 13.3 Å². The Bertz CT molecular complexity index is 219. The number of hydrogen-bond donors (Lipinski definition) is 2. The van der Waals surface area contributed by atoms with Crippen LogP contribution in [0.2, 0.25) is 0 Å². The van der Waals surface area contributed by atoms with E-state index in [-0.39, 0.29) is 12.2 Å². The summed E-state index contributed by atoms with van der Waals surface area (Å²) in [4.78, 5) is 11.3. The normalized spacial score (nSPS) is 25.5. The third-order valence-corrected chi connectivity index (χ3v) is 3.06. The third kappa shape index (κ3) is 4.39. The summed E-state index contributed by atoms with van der Waals surface area (Å²) in [5, 5.41) is 6.28. The second-order valence-electron chi connectivity index (χ2n) is 4.71. The summed E-state index contributed by atoms with van der Waals surface area (Å²) in [6.07, 6.45) is 3.30. The molecular weight excluding hydrogens is 204 g/mol. The smallest absolute Gasteiger partial charge is 0.407 e.